The predicted molar refractivity (Wildman–Crippen MR) is 90.5 cm³/mol. The predicted octanol–water partition coefficient (Wildman–Crippen LogP) is 4.93. The van der Waals surface area contributed by atoms with Gasteiger partial charge in [0.2, 0.25) is 0 Å². The van der Waals surface area contributed by atoms with E-state index in [2.05, 4.69) is 0 Å². The van der Waals surface area contributed by atoms with Gasteiger partial charge in [0.1, 0.15) is 5.84 Å². The van der Waals surface area contributed by atoms with Crippen molar-refractivity contribution in [1.29, 1.82) is 5.41 Å². The standard InChI is InChI=1S/C17H13ClN2S/c18-14-7-3-4-8-16(14)21-15-10-9-13(17(19)20)11-5-1-2-6-12(11)15/h1-10H,(H3,19,20). The zero-order valence-corrected chi connectivity index (χ0v) is 12.7. The SMILES string of the molecule is N=C(N)c1ccc(Sc2ccccc2Cl)c2ccccc12. The van der Waals surface area contributed by atoms with Crippen LogP contribution in [0.25, 0.3) is 10.8 Å². The van der Waals surface area contributed by atoms with E-state index in [0.29, 0.717) is 0 Å². The molecule has 3 aromatic carbocycles. The minimum Gasteiger partial charge on any atom is -0.384 e. The fourth-order valence-electron chi connectivity index (χ4n) is 2.24. The summed E-state index contributed by atoms with van der Waals surface area (Å²) in [6.07, 6.45) is 0. The van der Waals surface area contributed by atoms with Gasteiger partial charge in [0.25, 0.3) is 0 Å². The average molecular weight is 313 g/mol. The monoisotopic (exact) mass is 312 g/mol. The second-order valence-corrected chi connectivity index (χ2v) is 6.09. The maximum Gasteiger partial charge on any atom is 0.123 e. The van der Waals surface area contributed by atoms with Crippen LogP contribution in [0, 0.1) is 5.41 Å². The Morgan fingerprint density at radius 1 is 0.857 bits per heavy atom. The van der Waals surface area contributed by atoms with Crippen molar-refractivity contribution in [2.45, 2.75) is 9.79 Å². The second-order valence-electron chi connectivity index (χ2n) is 4.60. The van der Waals surface area contributed by atoms with Crippen molar-refractivity contribution in [3.8, 4) is 0 Å². The highest BCUT2D eigenvalue weighted by atomic mass is 35.5. The second kappa shape index (κ2) is 5.80. The van der Waals surface area contributed by atoms with Crippen molar-refractivity contribution in [2.24, 2.45) is 5.73 Å². The van der Waals surface area contributed by atoms with Gasteiger partial charge in [-0.2, -0.15) is 0 Å². The molecule has 4 heteroatoms. The van der Waals surface area contributed by atoms with Gasteiger partial charge in [-0.3, -0.25) is 5.41 Å². The molecule has 0 heterocycles. The molecule has 0 saturated carbocycles. The van der Waals surface area contributed by atoms with Crippen molar-refractivity contribution in [3.05, 3.63) is 71.2 Å². The zero-order chi connectivity index (χ0) is 14.8. The molecule has 0 saturated heterocycles. The van der Waals surface area contributed by atoms with Crippen molar-refractivity contribution < 1.29 is 0 Å². The number of amidine groups is 1. The third kappa shape index (κ3) is 2.75. The van der Waals surface area contributed by atoms with Gasteiger partial charge in [-0.25, -0.2) is 0 Å². The van der Waals surface area contributed by atoms with E-state index in [4.69, 9.17) is 22.7 Å². The molecule has 21 heavy (non-hydrogen) atoms. The van der Waals surface area contributed by atoms with Crippen LogP contribution in [-0.4, -0.2) is 5.84 Å². The minimum atomic E-state index is 0.0838. The van der Waals surface area contributed by atoms with Crippen LogP contribution in [-0.2, 0) is 0 Å². The van der Waals surface area contributed by atoms with Crippen LogP contribution in [0.4, 0.5) is 0 Å². The van der Waals surface area contributed by atoms with Crippen LogP contribution in [0.5, 0.6) is 0 Å². The normalized spacial score (nSPS) is 10.7. The van der Waals surface area contributed by atoms with Crippen LogP contribution >= 0.6 is 23.4 Å². The maximum atomic E-state index is 7.69. The van der Waals surface area contributed by atoms with Crippen molar-refractivity contribution in [2.75, 3.05) is 0 Å². The van der Waals surface area contributed by atoms with Gasteiger partial charge >= 0.3 is 0 Å². The number of benzene rings is 3. The molecule has 0 bridgehead atoms. The van der Waals surface area contributed by atoms with Gasteiger partial charge in [-0.15, -0.1) is 0 Å². The Hall–Kier alpha value is -1.97. The maximum absolute atomic E-state index is 7.69. The number of hydrogen-bond acceptors (Lipinski definition) is 2. The molecule has 0 atom stereocenters. The molecule has 0 aliphatic carbocycles. The van der Waals surface area contributed by atoms with Gasteiger partial charge < -0.3 is 5.73 Å². The fourth-order valence-corrected chi connectivity index (χ4v) is 3.47. The third-order valence-electron chi connectivity index (χ3n) is 3.23. The number of nitrogens with one attached hydrogen (secondary N) is 1. The summed E-state index contributed by atoms with van der Waals surface area (Å²) in [6.45, 7) is 0. The lowest BCUT2D eigenvalue weighted by Gasteiger charge is -2.11. The van der Waals surface area contributed by atoms with Gasteiger partial charge in [0.15, 0.2) is 0 Å². The van der Waals surface area contributed by atoms with E-state index < -0.39 is 0 Å². The highest BCUT2D eigenvalue weighted by Crippen LogP contribution is 2.37. The molecular formula is C17H13ClN2S. The molecule has 0 fully saturated rings. The van der Waals surface area contributed by atoms with E-state index in [-0.39, 0.29) is 5.84 Å². The smallest absolute Gasteiger partial charge is 0.123 e. The van der Waals surface area contributed by atoms with Crippen molar-refractivity contribution >= 4 is 40.0 Å². The Kier molecular flexibility index (Phi) is 3.86. The van der Waals surface area contributed by atoms with Crippen LogP contribution in [0.3, 0.4) is 0 Å². The number of nitrogens with two attached hydrogens (primary N) is 1. The molecule has 2 nitrogen and oxygen atoms in total. The Bertz CT molecular complexity index is 830. The van der Waals surface area contributed by atoms with Gasteiger partial charge in [0.05, 0.1) is 5.02 Å². The number of fused-ring (bicyclic) bond motifs is 1. The summed E-state index contributed by atoms with van der Waals surface area (Å²) >= 11 is 7.85. The Morgan fingerprint density at radius 3 is 2.24 bits per heavy atom. The van der Waals surface area contributed by atoms with Crippen LogP contribution in [0.15, 0.2) is 70.5 Å². The number of nitrogen functional groups attached to an aromatic ring is 1. The largest absolute Gasteiger partial charge is 0.384 e. The molecule has 104 valence electrons. The highest BCUT2D eigenvalue weighted by Gasteiger charge is 2.10. The topological polar surface area (TPSA) is 49.9 Å². The summed E-state index contributed by atoms with van der Waals surface area (Å²) in [5.41, 5.74) is 6.42. The molecule has 3 N–H and O–H groups in total. The van der Waals surface area contributed by atoms with E-state index >= 15 is 0 Å². The lowest BCUT2D eigenvalue weighted by atomic mass is 10.0. The van der Waals surface area contributed by atoms with E-state index in [1.807, 2.05) is 60.7 Å². The lowest BCUT2D eigenvalue weighted by molar-refractivity contribution is 1.41. The molecule has 0 aromatic heterocycles. The first-order valence-corrected chi connectivity index (χ1v) is 7.65. The number of rotatable bonds is 3. The summed E-state index contributed by atoms with van der Waals surface area (Å²) in [4.78, 5) is 2.11. The number of halogens is 1. The van der Waals surface area contributed by atoms with E-state index in [1.165, 1.54) is 0 Å². The van der Waals surface area contributed by atoms with E-state index in [1.54, 1.807) is 11.8 Å². The molecule has 0 unspecified atom stereocenters. The van der Waals surface area contributed by atoms with Crippen LogP contribution in [0.1, 0.15) is 5.56 Å². The van der Waals surface area contributed by atoms with Gasteiger partial charge in [0, 0.05) is 15.4 Å². The van der Waals surface area contributed by atoms with Crippen molar-refractivity contribution in [1.82, 2.24) is 0 Å². The van der Waals surface area contributed by atoms with Gasteiger partial charge in [-0.05, 0) is 35.0 Å². The number of hydrogen-bond donors (Lipinski definition) is 2. The molecule has 0 amide bonds. The lowest BCUT2D eigenvalue weighted by Crippen LogP contribution is -2.11. The molecule has 0 aliphatic rings. The molecule has 3 rings (SSSR count). The molecule has 3 aromatic rings. The zero-order valence-electron chi connectivity index (χ0n) is 11.1. The Morgan fingerprint density at radius 2 is 1.52 bits per heavy atom. The molecule has 0 aliphatic heterocycles. The Labute approximate surface area is 132 Å². The summed E-state index contributed by atoms with van der Waals surface area (Å²) in [5.74, 6) is 0.0838. The summed E-state index contributed by atoms with van der Waals surface area (Å²) in [6, 6.07) is 19.6. The summed E-state index contributed by atoms with van der Waals surface area (Å²) < 4.78 is 0. The fraction of sp³-hybridized carbons (Fsp3) is 0. The van der Waals surface area contributed by atoms with E-state index in [0.717, 1.165) is 31.1 Å². The van der Waals surface area contributed by atoms with Crippen molar-refractivity contribution in [3.63, 3.8) is 0 Å². The molecule has 0 spiro atoms. The Balaban J connectivity index is 2.14. The quantitative estimate of drug-likeness (QED) is 0.532. The first-order valence-electron chi connectivity index (χ1n) is 6.45. The summed E-state index contributed by atoms with van der Waals surface area (Å²) in [7, 11) is 0. The molecular weight excluding hydrogens is 300 g/mol. The molecule has 0 radical (unpaired) electrons. The first-order chi connectivity index (χ1) is 10.2. The third-order valence-corrected chi connectivity index (χ3v) is 4.82. The van der Waals surface area contributed by atoms with E-state index in [9.17, 15) is 0 Å². The van der Waals surface area contributed by atoms with Crippen LogP contribution < -0.4 is 5.73 Å². The summed E-state index contributed by atoms with van der Waals surface area (Å²) in [5, 5.41) is 10.5. The van der Waals surface area contributed by atoms with Crippen LogP contribution in [0.2, 0.25) is 5.02 Å². The van der Waals surface area contributed by atoms with Gasteiger partial charge in [-0.1, -0.05) is 59.8 Å². The average Bonchev–Trinajstić information content (AvgIpc) is 2.49. The first kappa shape index (κ1) is 14.0. The highest BCUT2D eigenvalue weighted by molar-refractivity contribution is 7.99. The minimum absolute atomic E-state index is 0.0838.